The molecule has 8 nitrogen and oxygen atoms in total. The standard InChI is InChI=1S/C61H58N6O2/c1-58(2,42-25-13-9-14-26-42)46-37-48(60(5,6)44-29-17-11-18-30-44)56(68)54(39-46)66(62-50-33-21-22-34-51(50)63-66)41-67(64-52-35-23-24-36-53(52)65-67)55-40-47(59(3,4)43-27-15-10-16-28-43)38-49(57(55)69)61(7,8)45-31-19-12-20-32-45/h9-40H,41H2,1-8H3/p+2. The number of rotatable bonds is 12. The van der Waals surface area contributed by atoms with Crippen LogP contribution in [0.25, 0.3) is 0 Å². The Kier molecular flexibility index (Phi) is 10.9. The maximum Gasteiger partial charge on any atom is 0.316 e. The first-order valence-corrected chi connectivity index (χ1v) is 23.8. The Morgan fingerprint density at radius 3 is 0.841 bits per heavy atom. The lowest BCUT2D eigenvalue weighted by Crippen LogP contribution is -2.55. The van der Waals surface area contributed by atoms with Crippen LogP contribution in [0.2, 0.25) is 0 Å². The zero-order valence-corrected chi connectivity index (χ0v) is 40.8. The van der Waals surface area contributed by atoms with Gasteiger partial charge in [-0.15, -0.1) is 0 Å². The third-order valence-corrected chi connectivity index (χ3v) is 15.0. The van der Waals surface area contributed by atoms with Gasteiger partial charge in [-0.3, -0.25) is 0 Å². The van der Waals surface area contributed by atoms with E-state index >= 15 is 0 Å². The summed E-state index contributed by atoms with van der Waals surface area (Å²) in [7, 11) is 0. The van der Waals surface area contributed by atoms with E-state index in [9.17, 15) is 10.2 Å². The van der Waals surface area contributed by atoms with E-state index in [0.717, 1.165) is 44.5 Å². The van der Waals surface area contributed by atoms with E-state index in [4.69, 9.17) is 20.4 Å². The lowest BCUT2D eigenvalue weighted by molar-refractivity contribution is 0.141. The van der Waals surface area contributed by atoms with E-state index in [0.29, 0.717) is 32.8 Å². The van der Waals surface area contributed by atoms with E-state index in [-0.39, 0.29) is 18.2 Å². The lowest BCUT2D eigenvalue weighted by atomic mass is 9.72. The van der Waals surface area contributed by atoms with Crippen LogP contribution in [0.3, 0.4) is 0 Å². The van der Waals surface area contributed by atoms with Crippen LogP contribution in [0.1, 0.15) is 99.9 Å². The molecule has 8 aromatic carbocycles. The van der Waals surface area contributed by atoms with Crippen LogP contribution in [-0.4, -0.2) is 16.9 Å². The van der Waals surface area contributed by atoms with Crippen molar-refractivity contribution in [3.63, 3.8) is 0 Å². The molecule has 0 aliphatic carbocycles. The van der Waals surface area contributed by atoms with Crippen LogP contribution in [-0.2, 0) is 21.7 Å². The largest absolute Gasteiger partial charge is 0.502 e. The minimum atomic E-state index is -0.669. The second-order valence-electron chi connectivity index (χ2n) is 20.7. The molecule has 69 heavy (non-hydrogen) atoms. The lowest BCUT2D eigenvalue weighted by Gasteiger charge is -2.36. The van der Waals surface area contributed by atoms with Gasteiger partial charge >= 0.3 is 6.67 Å². The highest BCUT2D eigenvalue weighted by atomic mass is 16.3. The van der Waals surface area contributed by atoms with Crippen LogP contribution in [0.4, 0.5) is 11.4 Å². The minimum Gasteiger partial charge on any atom is -0.502 e. The van der Waals surface area contributed by atoms with Gasteiger partial charge in [0.1, 0.15) is 0 Å². The van der Waals surface area contributed by atoms with Crippen molar-refractivity contribution in [3.8, 4) is 11.5 Å². The topological polar surface area (TPSA) is 89.9 Å². The first kappa shape index (κ1) is 45.3. The van der Waals surface area contributed by atoms with Crippen molar-refractivity contribution in [1.29, 1.82) is 0 Å². The molecule has 8 heteroatoms. The minimum absolute atomic E-state index is 0.0701. The van der Waals surface area contributed by atoms with Crippen molar-refractivity contribution < 1.29 is 10.2 Å². The van der Waals surface area contributed by atoms with E-state index in [2.05, 4.69) is 152 Å². The Bertz CT molecular complexity index is 3200. The van der Waals surface area contributed by atoms with Crippen molar-refractivity contribution in [3.05, 3.63) is 260 Å². The van der Waals surface area contributed by atoms with E-state index in [1.54, 1.807) is 0 Å². The van der Waals surface area contributed by atoms with Crippen molar-refractivity contribution in [1.82, 2.24) is 9.40 Å². The van der Waals surface area contributed by atoms with Crippen molar-refractivity contribution in [2.75, 3.05) is 6.67 Å². The summed E-state index contributed by atoms with van der Waals surface area (Å²) in [6.45, 7) is 17.4. The molecule has 10 rings (SSSR count). The maximum absolute atomic E-state index is 13.3. The zero-order valence-electron chi connectivity index (χ0n) is 40.8. The summed E-state index contributed by atoms with van der Waals surface area (Å²) < 4.78 is -0.933. The van der Waals surface area contributed by atoms with Crippen LogP contribution < -0.4 is 30.8 Å². The molecular weight excluding hydrogens is 849 g/mol. The highest BCUT2D eigenvalue weighted by Gasteiger charge is 2.55. The summed E-state index contributed by atoms with van der Waals surface area (Å²) in [5.41, 5.74) is 6.30. The van der Waals surface area contributed by atoms with Gasteiger partial charge < -0.3 is 10.2 Å². The third-order valence-electron chi connectivity index (χ3n) is 15.0. The van der Waals surface area contributed by atoms with Crippen LogP contribution in [0.5, 0.6) is 11.5 Å². The predicted octanol–water partition coefficient (Wildman–Crippen LogP) is 11.2. The molecule has 0 radical (unpaired) electrons. The number of fused-ring (bicyclic) bond motifs is 2. The molecule has 0 saturated carbocycles. The second kappa shape index (κ2) is 16.6. The molecule has 0 saturated heterocycles. The first-order valence-electron chi connectivity index (χ1n) is 23.8. The Morgan fingerprint density at radius 2 is 0.565 bits per heavy atom. The van der Waals surface area contributed by atoms with Gasteiger partial charge in [0.15, 0.2) is 32.9 Å². The van der Waals surface area contributed by atoms with Gasteiger partial charge in [0.05, 0.1) is 0 Å². The third kappa shape index (κ3) is 7.65. The first-order chi connectivity index (χ1) is 33.0. The average molecular weight is 909 g/mol. The molecule has 0 unspecified atom stereocenters. The number of phenolic OH excluding ortho intramolecular Hbond substituents is 2. The van der Waals surface area contributed by atoms with Crippen LogP contribution in [0, 0.1) is 0 Å². The molecule has 2 aliphatic heterocycles. The second-order valence-corrected chi connectivity index (χ2v) is 20.7. The van der Waals surface area contributed by atoms with Crippen molar-refractivity contribution in [2.24, 2.45) is 20.4 Å². The Labute approximate surface area is 405 Å². The molecule has 2 N–H and O–H groups in total. The predicted molar refractivity (Wildman–Crippen MR) is 276 cm³/mol. The molecule has 0 aromatic heterocycles. The fourth-order valence-electron chi connectivity index (χ4n) is 10.3. The van der Waals surface area contributed by atoms with Gasteiger partial charge in [0, 0.05) is 54.3 Å². The number of aromatic hydroxyl groups is 2. The Balaban J connectivity index is 1.30. The van der Waals surface area contributed by atoms with E-state index in [1.807, 2.05) is 97.1 Å². The number of benzene rings is 8. The van der Waals surface area contributed by atoms with Gasteiger partial charge in [-0.25, -0.2) is 0 Å². The molecule has 8 aromatic rings. The van der Waals surface area contributed by atoms with Gasteiger partial charge in [0.25, 0.3) is 0 Å². The number of phenols is 2. The molecule has 0 fully saturated rings. The Morgan fingerprint density at radius 1 is 0.319 bits per heavy atom. The quantitative estimate of drug-likeness (QED) is 0.120. The number of hydrogen-bond acceptors (Lipinski definition) is 6. The summed E-state index contributed by atoms with van der Waals surface area (Å²) in [5, 5.41) is 51.5. The summed E-state index contributed by atoms with van der Waals surface area (Å²) >= 11 is 0. The van der Waals surface area contributed by atoms with Gasteiger partial charge in [-0.1, -0.05) is 201 Å². The summed E-state index contributed by atoms with van der Waals surface area (Å²) in [6, 6.07) is 65.7. The zero-order chi connectivity index (χ0) is 48.4. The number of quaternary nitrogens is 2. The monoisotopic (exact) mass is 908 g/mol. The Hall–Kier alpha value is -7.52. The summed E-state index contributed by atoms with van der Waals surface area (Å²) in [6.07, 6.45) is 0. The highest BCUT2D eigenvalue weighted by Crippen LogP contribution is 2.52. The maximum atomic E-state index is 13.3. The van der Waals surface area contributed by atoms with Crippen molar-refractivity contribution in [2.45, 2.75) is 77.0 Å². The fraction of sp³-hybridized carbons (Fsp3) is 0.213. The highest BCUT2D eigenvalue weighted by molar-refractivity contribution is 5.68. The molecule has 0 atom stereocenters. The molecule has 0 bridgehead atoms. The molecule has 2 aliphatic rings. The smallest absolute Gasteiger partial charge is 0.316 e. The molecule has 344 valence electrons. The summed E-state index contributed by atoms with van der Waals surface area (Å²) in [5.74, 6) is 0.140. The summed E-state index contributed by atoms with van der Waals surface area (Å²) in [4.78, 5) is 0. The number of hydrogen-bond donors (Lipinski definition) is 2. The van der Waals surface area contributed by atoms with Crippen LogP contribution >= 0.6 is 0 Å². The van der Waals surface area contributed by atoms with E-state index < -0.39 is 31.1 Å². The molecule has 0 spiro atoms. The van der Waals surface area contributed by atoms with Crippen LogP contribution in [0.15, 0.2) is 215 Å². The number of nitrogens with zero attached hydrogens (tertiary/aromatic N) is 6. The van der Waals surface area contributed by atoms with Gasteiger partial charge in [0.2, 0.25) is 11.4 Å². The molecule has 0 amide bonds. The van der Waals surface area contributed by atoms with Gasteiger partial charge in [-0.2, -0.15) is 0 Å². The normalized spacial score (nSPS) is 15.0. The SMILES string of the molecule is CC(C)(c1ccccc1)c1cc(C(C)(C)c2ccccc2)c(O)c([N+]2(C[N+]3(c4cc(C(C)(C)c5ccccc5)cc(C(C)(C)c5ccccc5)c4O)N=c4ccccc4=N3)N=c3ccccc3=N2)c1. The van der Waals surface area contributed by atoms with Gasteiger partial charge in [-0.05, 0) is 90.2 Å². The average Bonchev–Trinajstić information content (AvgIpc) is 3.93. The van der Waals surface area contributed by atoms with E-state index in [1.165, 1.54) is 0 Å². The molecule has 2 heterocycles. The molecular formula is C61H60N6O2+2. The van der Waals surface area contributed by atoms with Crippen molar-refractivity contribution >= 4 is 11.4 Å². The fourth-order valence-corrected chi connectivity index (χ4v) is 10.3.